The van der Waals surface area contributed by atoms with E-state index >= 15 is 0 Å². The SMILES string of the molecule is N[C@H](CNc1nc(-c2ccncc2)nc2c(-c3cc[nH]c3)csc12)Cc1ccccc1. The van der Waals surface area contributed by atoms with E-state index in [9.17, 15) is 0 Å². The van der Waals surface area contributed by atoms with Gasteiger partial charge in [0.2, 0.25) is 0 Å². The summed E-state index contributed by atoms with van der Waals surface area (Å²) in [5, 5.41) is 5.62. The third kappa shape index (κ3) is 4.19. The van der Waals surface area contributed by atoms with Crippen LogP contribution in [0.25, 0.3) is 32.7 Å². The van der Waals surface area contributed by atoms with E-state index in [0.29, 0.717) is 12.4 Å². The zero-order valence-corrected chi connectivity index (χ0v) is 17.6. The number of benzene rings is 1. The fourth-order valence-electron chi connectivity index (χ4n) is 3.58. The molecule has 1 atom stereocenters. The van der Waals surface area contributed by atoms with Crippen molar-refractivity contribution in [2.24, 2.45) is 5.73 Å². The Morgan fingerprint density at radius 2 is 1.84 bits per heavy atom. The lowest BCUT2D eigenvalue weighted by Gasteiger charge is -2.14. The molecule has 5 rings (SSSR count). The molecule has 0 aliphatic carbocycles. The number of aromatic amines is 1. The first-order valence-electron chi connectivity index (χ1n) is 10.1. The van der Waals surface area contributed by atoms with Gasteiger partial charge in [0.1, 0.15) is 5.82 Å². The molecule has 154 valence electrons. The maximum atomic E-state index is 6.41. The molecule has 5 aromatic rings. The van der Waals surface area contributed by atoms with Crippen LogP contribution in [0, 0.1) is 0 Å². The summed E-state index contributed by atoms with van der Waals surface area (Å²) in [5.41, 5.74) is 11.7. The van der Waals surface area contributed by atoms with Crippen LogP contribution >= 0.6 is 11.3 Å². The Bertz CT molecular complexity index is 1270. The number of hydrogen-bond acceptors (Lipinski definition) is 6. The van der Waals surface area contributed by atoms with E-state index in [2.05, 4.69) is 38.9 Å². The van der Waals surface area contributed by atoms with Crippen LogP contribution in [0.2, 0.25) is 0 Å². The third-order valence-corrected chi connectivity index (χ3v) is 6.11. The Kier molecular flexibility index (Phi) is 5.43. The smallest absolute Gasteiger partial charge is 0.162 e. The van der Waals surface area contributed by atoms with Crippen molar-refractivity contribution in [3.63, 3.8) is 0 Å². The fourth-order valence-corrected chi connectivity index (χ4v) is 4.56. The van der Waals surface area contributed by atoms with Crippen LogP contribution in [0.15, 0.2) is 78.7 Å². The molecular weight excluding hydrogens is 404 g/mol. The predicted molar refractivity (Wildman–Crippen MR) is 127 cm³/mol. The Morgan fingerprint density at radius 3 is 2.61 bits per heavy atom. The van der Waals surface area contributed by atoms with E-state index in [4.69, 9.17) is 15.7 Å². The number of fused-ring (bicyclic) bond motifs is 1. The van der Waals surface area contributed by atoms with Gasteiger partial charge in [0.15, 0.2) is 5.82 Å². The maximum Gasteiger partial charge on any atom is 0.162 e. The number of anilines is 1. The molecule has 0 spiro atoms. The summed E-state index contributed by atoms with van der Waals surface area (Å²) in [7, 11) is 0. The first-order valence-corrected chi connectivity index (χ1v) is 11.0. The van der Waals surface area contributed by atoms with Crippen molar-refractivity contribution in [3.8, 4) is 22.5 Å². The lowest BCUT2D eigenvalue weighted by Crippen LogP contribution is -2.31. The van der Waals surface area contributed by atoms with Gasteiger partial charge in [0.05, 0.1) is 10.2 Å². The molecule has 0 saturated heterocycles. The summed E-state index contributed by atoms with van der Waals surface area (Å²) in [5.74, 6) is 1.48. The summed E-state index contributed by atoms with van der Waals surface area (Å²) in [6, 6.07) is 16.2. The monoisotopic (exact) mass is 426 g/mol. The van der Waals surface area contributed by atoms with Crippen molar-refractivity contribution in [2.75, 3.05) is 11.9 Å². The quantitative estimate of drug-likeness (QED) is 0.350. The molecule has 0 amide bonds. The molecular formula is C24H22N6S. The Hall–Kier alpha value is -3.55. The topological polar surface area (TPSA) is 92.5 Å². The average molecular weight is 427 g/mol. The zero-order valence-electron chi connectivity index (χ0n) is 16.8. The number of nitrogens with one attached hydrogen (secondary N) is 2. The predicted octanol–water partition coefficient (Wildman–Crippen LogP) is 4.73. The van der Waals surface area contributed by atoms with Gasteiger partial charge in [-0.15, -0.1) is 11.3 Å². The van der Waals surface area contributed by atoms with Crippen molar-refractivity contribution in [1.29, 1.82) is 0 Å². The van der Waals surface area contributed by atoms with Crippen LogP contribution in [0.4, 0.5) is 5.82 Å². The van der Waals surface area contributed by atoms with E-state index in [1.54, 1.807) is 23.7 Å². The van der Waals surface area contributed by atoms with Crippen LogP contribution in [0.3, 0.4) is 0 Å². The number of pyridine rings is 1. The van der Waals surface area contributed by atoms with Gasteiger partial charge in [-0.05, 0) is 30.2 Å². The van der Waals surface area contributed by atoms with Crippen LogP contribution in [0.5, 0.6) is 0 Å². The molecule has 0 bridgehead atoms. The van der Waals surface area contributed by atoms with Gasteiger partial charge in [-0.25, -0.2) is 9.97 Å². The lowest BCUT2D eigenvalue weighted by atomic mass is 10.1. The van der Waals surface area contributed by atoms with Crippen LogP contribution in [-0.2, 0) is 6.42 Å². The van der Waals surface area contributed by atoms with Gasteiger partial charge >= 0.3 is 0 Å². The summed E-state index contributed by atoms with van der Waals surface area (Å²) >= 11 is 1.64. The summed E-state index contributed by atoms with van der Waals surface area (Å²) in [6.07, 6.45) is 8.22. The minimum Gasteiger partial charge on any atom is -0.367 e. The van der Waals surface area contributed by atoms with Crippen LogP contribution in [0.1, 0.15) is 5.56 Å². The van der Waals surface area contributed by atoms with E-state index in [1.165, 1.54) is 5.56 Å². The first kappa shape index (κ1) is 19.4. The normalized spacial score (nSPS) is 12.2. The van der Waals surface area contributed by atoms with E-state index in [1.807, 2.05) is 42.7 Å². The molecule has 0 aliphatic heterocycles. The third-order valence-electron chi connectivity index (χ3n) is 5.14. The Labute approximate surface area is 184 Å². The number of hydrogen-bond donors (Lipinski definition) is 3. The molecule has 0 unspecified atom stereocenters. The van der Waals surface area contributed by atoms with Gasteiger partial charge in [0.25, 0.3) is 0 Å². The molecule has 4 heterocycles. The zero-order chi connectivity index (χ0) is 21.0. The molecule has 31 heavy (non-hydrogen) atoms. The van der Waals surface area contributed by atoms with Crippen molar-refractivity contribution in [3.05, 3.63) is 84.3 Å². The molecule has 6 nitrogen and oxygen atoms in total. The summed E-state index contributed by atoms with van der Waals surface area (Å²) in [6.45, 7) is 0.619. The van der Waals surface area contributed by atoms with E-state index in [0.717, 1.165) is 39.1 Å². The number of rotatable bonds is 7. The second-order valence-electron chi connectivity index (χ2n) is 7.39. The molecule has 0 saturated carbocycles. The van der Waals surface area contributed by atoms with Crippen LogP contribution in [-0.4, -0.2) is 32.5 Å². The lowest BCUT2D eigenvalue weighted by molar-refractivity contribution is 0.698. The molecule has 0 radical (unpaired) electrons. The largest absolute Gasteiger partial charge is 0.367 e. The summed E-state index contributed by atoms with van der Waals surface area (Å²) in [4.78, 5) is 17.0. The minimum atomic E-state index is -0.0269. The fraction of sp³-hybridized carbons (Fsp3) is 0.125. The van der Waals surface area contributed by atoms with Gasteiger partial charge < -0.3 is 16.0 Å². The minimum absolute atomic E-state index is 0.0269. The number of nitrogens with zero attached hydrogens (tertiary/aromatic N) is 3. The number of H-pyrrole nitrogens is 1. The van der Waals surface area contributed by atoms with Crippen molar-refractivity contribution >= 4 is 27.4 Å². The average Bonchev–Trinajstić information content (AvgIpc) is 3.48. The van der Waals surface area contributed by atoms with Gasteiger partial charge in [-0.2, -0.15) is 0 Å². The van der Waals surface area contributed by atoms with E-state index < -0.39 is 0 Å². The highest BCUT2D eigenvalue weighted by molar-refractivity contribution is 7.18. The number of nitrogens with two attached hydrogens (primary N) is 1. The van der Waals surface area contributed by atoms with Gasteiger partial charge in [0, 0.05) is 59.4 Å². The summed E-state index contributed by atoms with van der Waals surface area (Å²) < 4.78 is 1.03. The Balaban J connectivity index is 1.49. The standard InChI is InChI=1S/C24H22N6S/c25-19(12-16-4-2-1-3-5-16)14-28-24-22-21(20(15-31-22)18-8-11-27-13-18)29-23(30-24)17-6-9-26-10-7-17/h1-11,13,15,19,27H,12,14,25H2,(H,28,29,30)/t19-/m0/s1. The van der Waals surface area contributed by atoms with Crippen molar-refractivity contribution < 1.29 is 0 Å². The highest BCUT2D eigenvalue weighted by Crippen LogP contribution is 2.37. The number of thiophene rings is 1. The second kappa shape index (κ2) is 8.67. The highest BCUT2D eigenvalue weighted by Gasteiger charge is 2.16. The maximum absolute atomic E-state index is 6.41. The number of aromatic nitrogens is 4. The molecule has 4 aromatic heterocycles. The molecule has 4 N–H and O–H groups in total. The highest BCUT2D eigenvalue weighted by atomic mass is 32.1. The Morgan fingerprint density at radius 1 is 1.00 bits per heavy atom. The van der Waals surface area contributed by atoms with Gasteiger partial charge in [-0.3, -0.25) is 4.98 Å². The molecule has 1 aromatic carbocycles. The van der Waals surface area contributed by atoms with Crippen LogP contribution < -0.4 is 11.1 Å². The molecule has 7 heteroatoms. The van der Waals surface area contributed by atoms with Crippen molar-refractivity contribution in [2.45, 2.75) is 12.5 Å². The second-order valence-corrected chi connectivity index (χ2v) is 8.27. The molecule has 0 fully saturated rings. The molecule has 0 aliphatic rings. The van der Waals surface area contributed by atoms with E-state index in [-0.39, 0.29) is 6.04 Å². The van der Waals surface area contributed by atoms with Crippen molar-refractivity contribution in [1.82, 2.24) is 19.9 Å². The van der Waals surface area contributed by atoms with Gasteiger partial charge in [-0.1, -0.05) is 30.3 Å². The first-order chi connectivity index (χ1) is 15.3.